The Balaban J connectivity index is 0.916. The maximum absolute atomic E-state index is 2.54. The molecule has 0 fully saturated rings. The highest BCUT2D eigenvalue weighted by Crippen LogP contribution is 2.53. The molecule has 109 heavy (non-hydrogen) atoms. The molecule has 0 radical (unpaired) electrons. The van der Waals surface area contributed by atoms with E-state index in [2.05, 4.69) is 478 Å². The summed E-state index contributed by atoms with van der Waals surface area (Å²) in [6.07, 6.45) is 0. The summed E-state index contributed by atoms with van der Waals surface area (Å²) >= 11 is 1.76. The van der Waals surface area contributed by atoms with Gasteiger partial charge in [0, 0.05) is 88.4 Å². The van der Waals surface area contributed by atoms with Gasteiger partial charge in [-0.15, -0.1) is 0 Å². The van der Waals surface area contributed by atoms with Crippen molar-refractivity contribution in [2.24, 2.45) is 0 Å². The number of hydrogen-bond donors (Lipinski definition) is 0. The zero-order chi connectivity index (χ0) is 72.7. The molecule has 18 rings (SSSR count). The lowest BCUT2D eigenvalue weighted by atomic mass is 9.99. The van der Waals surface area contributed by atoms with Crippen molar-refractivity contribution >= 4 is 119 Å². The third-order valence-electron chi connectivity index (χ3n) is 20.1. The van der Waals surface area contributed by atoms with E-state index in [-0.39, 0.29) is 0 Å². The Hall–Kier alpha value is -14.1. The van der Waals surface area contributed by atoms with Crippen LogP contribution in [-0.4, -0.2) is 4.57 Å². The molecule has 18 aromatic rings. The Morgan fingerprint density at radius 1 is 0.183 bits per heavy atom. The van der Waals surface area contributed by atoms with Crippen LogP contribution in [0.1, 0.15) is 0 Å². The van der Waals surface area contributed by atoms with E-state index < -0.39 is 0 Å². The molecule has 518 valence electrons. The zero-order valence-corrected chi connectivity index (χ0v) is 60.6. The highest BCUT2D eigenvalue weighted by Gasteiger charge is 2.29. The molecule has 1 aromatic heterocycles. The lowest BCUT2D eigenvalue weighted by Crippen LogP contribution is -2.18. The van der Waals surface area contributed by atoms with Crippen molar-refractivity contribution in [3.63, 3.8) is 0 Å². The molecular formula is C102H74N6S. The first-order valence-corrected chi connectivity index (χ1v) is 37.8. The van der Waals surface area contributed by atoms with Crippen LogP contribution < -0.4 is 24.5 Å². The van der Waals surface area contributed by atoms with Crippen molar-refractivity contribution < 1.29 is 0 Å². The van der Waals surface area contributed by atoms with E-state index in [1.54, 1.807) is 11.8 Å². The minimum Gasteiger partial charge on any atom is -0.310 e. The molecule has 0 N–H and O–H groups in total. The van der Waals surface area contributed by atoms with Gasteiger partial charge < -0.3 is 29.1 Å². The van der Waals surface area contributed by atoms with Crippen LogP contribution in [0, 0.1) is 0 Å². The first kappa shape index (κ1) is 66.8. The van der Waals surface area contributed by atoms with Gasteiger partial charge in [-0.2, -0.15) is 0 Å². The molecular weight excluding hydrogens is 1340 g/mol. The molecule has 1 heterocycles. The number of nitrogens with zero attached hydrogens (tertiary/aromatic N) is 6. The number of aromatic nitrogens is 1. The van der Waals surface area contributed by atoms with Gasteiger partial charge in [0.2, 0.25) is 0 Å². The molecule has 0 unspecified atom stereocenters. The third-order valence-corrected chi connectivity index (χ3v) is 21.0. The van der Waals surface area contributed by atoms with Gasteiger partial charge in [-0.25, -0.2) is 0 Å². The predicted molar refractivity (Wildman–Crippen MR) is 461 cm³/mol. The second-order valence-corrected chi connectivity index (χ2v) is 28.0. The summed E-state index contributed by atoms with van der Waals surface area (Å²) in [6, 6.07) is 163. The highest BCUT2D eigenvalue weighted by molar-refractivity contribution is 7.99. The van der Waals surface area contributed by atoms with E-state index in [4.69, 9.17) is 0 Å². The molecule has 0 aliphatic carbocycles. The van der Waals surface area contributed by atoms with E-state index in [9.17, 15) is 0 Å². The topological polar surface area (TPSA) is 21.1 Å². The summed E-state index contributed by atoms with van der Waals surface area (Å²) in [4.78, 5) is 14.3. The minimum absolute atomic E-state index is 0.934. The largest absolute Gasteiger partial charge is 0.310 e. The van der Waals surface area contributed by atoms with E-state index in [0.29, 0.717) is 0 Å². The van der Waals surface area contributed by atoms with E-state index in [0.717, 1.165) is 145 Å². The summed E-state index contributed by atoms with van der Waals surface area (Å²) in [5.74, 6) is 0. The molecule has 0 spiro atoms. The van der Waals surface area contributed by atoms with Gasteiger partial charge in [0.1, 0.15) is 0 Å². The minimum atomic E-state index is 0.934. The predicted octanol–water partition coefficient (Wildman–Crippen LogP) is 29.3. The third kappa shape index (κ3) is 13.5. The fourth-order valence-corrected chi connectivity index (χ4v) is 16.3. The van der Waals surface area contributed by atoms with E-state index in [1.165, 1.54) is 10.8 Å². The molecule has 0 saturated carbocycles. The van der Waals surface area contributed by atoms with Gasteiger partial charge in [-0.05, 0) is 174 Å². The van der Waals surface area contributed by atoms with Gasteiger partial charge in [0.05, 0.1) is 50.8 Å². The Morgan fingerprint density at radius 2 is 0.468 bits per heavy atom. The summed E-state index contributed by atoms with van der Waals surface area (Å²) < 4.78 is 2.49. The highest BCUT2D eigenvalue weighted by atomic mass is 32.2. The first-order chi connectivity index (χ1) is 54.1. The van der Waals surface area contributed by atoms with Gasteiger partial charge in [-0.3, -0.25) is 0 Å². The Labute approximate surface area is 641 Å². The van der Waals surface area contributed by atoms with Gasteiger partial charge >= 0.3 is 0 Å². The van der Waals surface area contributed by atoms with Gasteiger partial charge in [-0.1, -0.05) is 303 Å². The smallest absolute Gasteiger partial charge is 0.0781 e. The van der Waals surface area contributed by atoms with Crippen molar-refractivity contribution in [1.29, 1.82) is 0 Å². The number of benzene rings is 17. The molecule has 7 heteroatoms. The number of fused-ring (bicyclic) bond motifs is 3. The molecule has 0 amide bonds. The van der Waals surface area contributed by atoms with Crippen molar-refractivity contribution in [3.05, 3.63) is 449 Å². The van der Waals surface area contributed by atoms with Crippen molar-refractivity contribution in [2.45, 2.75) is 9.79 Å². The second kappa shape index (κ2) is 30.5. The molecule has 0 saturated heterocycles. The van der Waals surface area contributed by atoms with Crippen molar-refractivity contribution in [2.75, 3.05) is 24.5 Å². The van der Waals surface area contributed by atoms with Crippen molar-refractivity contribution in [1.82, 2.24) is 4.57 Å². The number of para-hydroxylation sites is 11. The Morgan fingerprint density at radius 3 is 0.872 bits per heavy atom. The Bertz CT molecular complexity index is 5770. The summed E-state index contributed by atoms with van der Waals surface area (Å²) in [5.41, 5.74) is 24.9. The van der Waals surface area contributed by atoms with Crippen LogP contribution in [-0.2, 0) is 0 Å². The molecule has 0 aliphatic heterocycles. The van der Waals surface area contributed by atoms with Gasteiger partial charge in [0.25, 0.3) is 0 Å². The van der Waals surface area contributed by atoms with E-state index >= 15 is 0 Å². The second-order valence-electron chi connectivity index (χ2n) is 26.9. The molecule has 17 aromatic carbocycles. The normalized spacial score (nSPS) is 11.2. The van der Waals surface area contributed by atoms with Crippen LogP contribution in [0.2, 0.25) is 0 Å². The maximum atomic E-state index is 2.54. The van der Waals surface area contributed by atoms with Crippen LogP contribution in [0.25, 0.3) is 60.9 Å². The maximum Gasteiger partial charge on any atom is 0.0781 e. The summed E-state index contributed by atoms with van der Waals surface area (Å²) in [7, 11) is 0. The fraction of sp³-hybridized carbons (Fsp3) is 0. The number of anilines is 15. The van der Waals surface area contributed by atoms with Crippen LogP contribution in [0.5, 0.6) is 0 Å². The molecule has 6 nitrogen and oxygen atoms in total. The molecule has 0 aliphatic rings. The number of hydrogen-bond acceptors (Lipinski definition) is 6. The average molecular weight is 1420 g/mol. The number of rotatable bonds is 21. The SMILES string of the molecule is c1ccc(-c2ccccc2N(c2ccccc2)c2cc(Sc3cccc(N(c4cc(N(c5ccccc5)c5ccccc5)cc(N(c5ccccc5)c5ccccc5)c4)c4c(-c5ccccc5)cccc4-n4c5ccccc5c5ccccc54)c3)cc(N(c3ccccc3)c3ccccc3-c3ccccc3)c2)cc1. The monoisotopic (exact) mass is 1410 g/mol. The van der Waals surface area contributed by atoms with Crippen molar-refractivity contribution in [3.8, 4) is 39.1 Å². The lowest BCUT2D eigenvalue weighted by Gasteiger charge is -2.34. The van der Waals surface area contributed by atoms with E-state index in [1.807, 2.05) is 0 Å². The first-order valence-electron chi connectivity index (χ1n) is 37.0. The summed E-state index contributed by atoms with van der Waals surface area (Å²) in [5, 5.41) is 2.35. The molecule has 0 bridgehead atoms. The molecule has 0 atom stereocenters. The zero-order valence-electron chi connectivity index (χ0n) is 59.8. The summed E-state index contributed by atoms with van der Waals surface area (Å²) in [6.45, 7) is 0. The standard InChI is InChI=1S/C102H74N6S/c1-10-38-75(39-11-1)92-58-28-32-63-97(92)105(82-52-24-8-25-53-82)88-71-89(106(83-54-26-9-27-55-83)98-64-33-29-59-93(98)76-40-12-2-13-41-76)74-91(73-88)109-90-57-36-56-84(72-90)107(102-94(77-42-14-3-15-43-77)62-37-67-101(102)108-99-65-34-30-60-95(99)96-61-31-35-66-100(96)108)87-69-85(103(78-44-16-4-17-45-78)79-46-18-5-19-47-79)68-86(70-87)104(80-48-20-6-21-49-80)81-50-22-7-23-51-81/h1-74H. The van der Waals surface area contributed by atoms with Crippen LogP contribution >= 0.6 is 11.8 Å². The van der Waals surface area contributed by atoms with Gasteiger partial charge in [0.15, 0.2) is 0 Å². The van der Waals surface area contributed by atoms with Crippen LogP contribution in [0.4, 0.5) is 85.3 Å². The Kier molecular flexibility index (Phi) is 18.7. The fourth-order valence-electron chi connectivity index (χ4n) is 15.3. The lowest BCUT2D eigenvalue weighted by molar-refractivity contribution is 1.14. The van der Waals surface area contributed by atoms with Crippen LogP contribution in [0.15, 0.2) is 459 Å². The van der Waals surface area contributed by atoms with Crippen LogP contribution in [0.3, 0.4) is 0 Å². The average Bonchev–Trinajstić information content (AvgIpc) is 1.71. The quantitative estimate of drug-likeness (QED) is 0.0710.